The smallest absolute Gasteiger partial charge is 0.0726 e. The highest BCUT2D eigenvalue weighted by Gasteiger charge is 2.05. The lowest BCUT2D eigenvalue weighted by Gasteiger charge is -2.12. The normalized spacial score (nSPS) is 16.0. The Morgan fingerprint density at radius 3 is 2.62 bits per heavy atom. The highest BCUT2D eigenvalue weighted by molar-refractivity contribution is 5.12. The van der Waals surface area contributed by atoms with Crippen LogP contribution < -0.4 is 0 Å². The second kappa shape index (κ2) is 6.90. The molecule has 0 aromatic rings. The van der Waals surface area contributed by atoms with Crippen molar-refractivity contribution >= 4 is 0 Å². The Kier molecular flexibility index (Phi) is 6.61. The van der Waals surface area contributed by atoms with Crippen LogP contribution >= 0.6 is 0 Å². The largest absolute Gasteiger partial charge is 0.389 e. The molecular weight excluding hydrogens is 160 g/mol. The van der Waals surface area contributed by atoms with Crippen LogP contribution in [0.25, 0.3) is 0 Å². The third-order valence-corrected chi connectivity index (χ3v) is 1.94. The Morgan fingerprint density at radius 2 is 2.15 bits per heavy atom. The van der Waals surface area contributed by atoms with Gasteiger partial charge in [-0.2, -0.15) is 0 Å². The average Bonchev–Trinajstić information content (AvgIpc) is 2.01. The molecule has 0 aliphatic carbocycles. The quantitative estimate of drug-likeness (QED) is 0.624. The van der Waals surface area contributed by atoms with Gasteiger partial charge in [-0.3, -0.25) is 0 Å². The average molecular weight is 181 g/mol. The van der Waals surface area contributed by atoms with E-state index in [0.717, 1.165) is 24.8 Å². The van der Waals surface area contributed by atoms with Crippen molar-refractivity contribution in [2.75, 3.05) is 0 Å². The number of allylic oxidation sites excluding steroid dienone is 2. The molecule has 0 amide bonds. The molecule has 0 heterocycles. The van der Waals surface area contributed by atoms with E-state index in [9.17, 15) is 5.11 Å². The van der Waals surface area contributed by atoms with Crippen LogP contribution in [0, 0.1) is 12.8 Å². The van der Waals surface area contributed by atoms with E-state index in [1.807, 2.05) is 19.1 Å². The van der Waals surface area contributed by atoms with Crippen LogP contribution in [0.4, 0.5) is 0 Å². The summed E-state index contributed by atoms with van der Waals surface area (Å²) in [6.45, 7) is 11.6. The minimum atomic E-state index is -0.335. The van der Waals surface area contributed by atoms with E-state index < -0.39 is 0 Å². The molecule has 13 heavy (non-hydrogen) atoms. The monoisotopic (exact) mass is 181 g/mol. The molecule has 1 N–H and O–H groups in total. The van der Waals surface area contributed by atoms with Gasteiger partial charge in [-0.15, -0.1) is 0 Å². The molecule has 2 unspecified atom stereocenters. The van der Waals surface area contributed by atoms with E-state index in [-0.39, 0.29) is 6.10 Å². The number of aliphatic hydroxyl groups excluding tert-OH is 1. The Bertz CT molecular complexity index is 170. The molecule has 0 fully saturated rings. The third kappa shape index (κ3) is 7.79. The minimum absolute atomic E-state index is 0.335. The summed E-state index contributed by atoms with van der Waals surface area (Å²) in [5, 5.41) is 9.55. The van der Waals surface area contributed by atoms with Crippen molar-refractivity contribution in [2.24, 2.45) is 5.92 Å². The maximum atomic E-state index is 9.55. The molecule has 0 rings (SSSR count). The predicted octanol–water partition coefficient (Wildman–Crippen LogP) is 3.12. The van der Waals surface area contributed by atoms with Gasteiger partial charge in [-0.1, -0.05) is 51.0 Å². The SMILES string of the molecule is [CH2]CCC(C)CC(O)/C=C/C(=C)C. The lowest BCUT2D eigenvalue weighted by molar-refractivity contribution is 0.188. The van der Waals surface area contributed by atoms with Gasteiger partial charge in [0.1, 0.15) is 0 Å². The van der Waals surface area contributed by atoms with Crippen molar-refractivity contribution in [1.29, 1.82) is 0 Å². The first-order valence-electron chi connectivity index (χ1n) is 4.87. The third-order valence-electron chi connectivity index (χ3n) is 1.94. The van der Waals surface area contributed by atoms with Crippen LogP contribution in [0.3, 0.4) is 0 Å². The minimum Gasteiger partial charge on any atom is -0.389 e. The molecule has 1 heteroatoms. The predicted molar refractivity (Wildman–Crippen MR) is 58.3 cm³/mol. The first-order chi connectivity index (χ1) is 6.06. The van der Waals surface area contributed by atoms with E-state index in [2.05, 4.69) is 20.4 Å². The fraction of sp³-hybridized carbons (Fsp3) is 0.583. The summed E-state index contributed by atoms with van der Waals surface area (Å²) in [6.07, 6.45) is 6.18. The van der Waals surface area contributed by atoms with E-state index in [0.29, 0.717) is 5.92 Å². The van der Waals surface area contributed by atoms with Crippen LogP contribution in [-0.2, 0) is 0 Å². The summed E-state index contributed by atoms with van der Waals surface area (Å²) < 4.78 is 0. The van der Waals surface area contributed by atoms with Gasteiger partial charge >= 0.3 is 0 Å². The zero-order chi connectivity index (χ0) is 10.3. The standard InChI is InChI=1S/C12H21O/c1-5-6-11(4)9-12(13)8-7-10(2)3/h7-8,11-13H,1-2,5-6,9H2,3-4H3/b8-7+. The van der Waals surface area contributed by atoms with Crippen LogP contribution in [0.15, 0.2) is 24.3 Å². The highest BCUT2D eigenvalue weighted by Crippen LogP contribution is 2.13. The van der Waals surface area contributed by atoms with Gasteiger partial charge in [0, 0.05) is 0 Å². The van der Waals surface area contributed by atoms with Crippen LogP contribution in [0.5, 0.6) is 0 Å². The zero-order valence-corrected chi connectivity index (χ0v) is 8.79. The maximum absolute atomic E-state index is 9.55. The van der Waals surface area contributed by atoms with Crippen LogP contribution in [0.2, 0.25) is 0 Å². The van der Waals surface area contributed by atoms with Crippen LogP contribution in [0.1, 0.15) is 33.1 Å². The Hall–Kier alpha value is -0.560. The number of rotatable bonds is 6. The zero-order valence-electron chi connectivity index (χ0n) is 8.79. The molecular formula is C12H21O. The Morgan fingerprint density at radius 1 is 1.54 bits per heavy atom. The fourth-order valence-electron chi connectivity index (χ4n) is 1.23. The molecule has 0 aromatic heterocycles. The van der Waals surface area contributed by atoms with E-state index in [4.69, 9.17) is 0 Å². The second-order valence-electron chi connectivity index (χ2n) is 3.76. The molecule has 0 spiro atoms. The highest BCUT2D eigenvalue weighted by atomic mass is 16.3. The summed E-state index contributed by atoms with van der Waals surface area (Å²) in [6, 6.07) is 0. The summed E-state index contributed by atoms with van der Waals surface area (Å²) in [7, 11) is 0. The fourth-order valence-corrected chi connectivity index (χ4v) is 1.23. The van der Waals surface area contributed by atoms with Crippen LogP contribution in [-0.4, -0.2) is 11.2 Å². The molecule has 1 nitrogen and oxygen atoms in total. The summed E-state index contributed by atoms with van der Waals surface area (Å²) in [4.78, 5) is 0. The topological polar surface area (TPSA) is 20.2 Å². The van der Waals surface area contributed by atoms with Crippen molar-refractivity contribution < 1.29 is 5.11 Å². The van der Waals surface area contributed by atoms with Crippen molar-refractivity contribution in [3.05, 3.63) is 31.2 Å². The number of aliphatic hydroxyl groups is 1. The first kappa shape index (κ1) is 12.4. The van der Waals surface area contributed by atoms with Gasteiger partial charge in [-0.25, -0.2) is 0 Å². The molecule has 1 radical (unpaired) electrons. The molecule has 0 aliphatic rings. The van der Waals surface area contributed by atoms with E-state index in [1.165, 1.54) is 0 Å². The Balaban J connectivity index is 3.72. The first-order valence-corrected chi connectivity index (χ1v) is 4.87. The lowest BCUT2D eigenvalue weighted by atomic mass is 9.98. The number of hydrogen-bond acceptors (Lipinski definition) is 1. The van der Waals surface area contributed by atoms with E-state index in [1.54, 1.807) is 0 Å². The molecule has 0 aromatic carbocycles. The van der Waals surface area contributed by atoms with Gasteiger partial charge < -0.3 is 5.11 Å². The van der Waals surface area contributed by atoms with Crippen molar-refractivity contribution in [3.63, 3.8) is 0 Å². The molecule has 0 saturated heterocycles. The van der Waals surface area contributed by atoms with Crippen molar-refractivity contribution in [2.45, 2.75) is 39.2 Å². The maximum Gasteiger partial charge on any atom is 0.0726 e. The van der Waals surface area contributed by atoms with Gasteiger partial charge in [0.05, 0.1) is 6.10 Å². The van der Waals surface area contributed by atoms with E-state index >= 15 is 0 Å². The van der Waals surface area contributed by atoms with Gasteiger partial charge in [0.25, 0.3) is 0 Å². The lowest BCUT2D eigenvalue weighted by Crippen LogP contribution is -2.08. The second-order valence-corrected chi connectivity index (χ2v) is 3.76. The van der Waals surface area contributed by atoms with Gasteiger partial charge in [0.2, 0.25) is 0 Å². The summed E-state index contributed by atoms with van der Waals surface area (Å²) in [5.74, 6) is 0.544. The molecule has 0 bridgehead atoms. The molecule has 0 aliphatic heterocycles. The van der Waals surface area contributed by atoms with Crippen molar-refractivity contribution in [3.8, 4) is 0 Å². The summed E-state index contributed by atoms with van der Waals surface area (Å²) >= 11 is 0. The Labute approximate surface area is 82.2 Å². The number of hydrogen-bond donors (Lipinski definition) is 1. The molecule has 2 atom stereocenters. The molecule has 0 saturated carbocycles. The molecule has 75 valence electrons. The van der Waals surface area contributed by atoms with Crippen molar-refractivity contribution in [1.82, 2.24) is 0 Å². The van der Waals surface area contributed by atoms with Gasteiger partial charge in [-0.05, 0) is 19.3 Å². The van der Waals surface area contributed by atoms with Gasteiger partial charge in [0.15, 0.2) is 0 Å². The summed E-state index contributed by atoms with van der Waals surface area (Å²) in [5.41, 5.74) is 0.976.